The third kappa shape index (κ3) is 3.70. The first-order valence-electron chi connectivity index (χ1n) is 8.85. The first-order chi connectivity index (χ1) is 13.4. The number of hydrogen-bond donors (Lipinski definition) is 1. The number of carbonyl (C=O) groups excluding carboxylic acids is 1. The summed E-state index contributed by atoms with van der Waals surface area (Å²) in [4.78, 5) is 34.4. The quantitative estimate of drug-likeness (QED) is 0.549. The van der Waals surface area contributed by atoms with Gasteiger partial charge in [0.2, 0.25) is 5.71 Å². The van der Waals surface area contributed by atoms with E-state index in [-0.39, 0.29) is 22.2 Å². The van der Waals surface area contributed by atoms with Crippen molar-refractivity contribution in [2.45, 2.75) is 19.9 Å². The second-order valence-electron chi connectivity index (χ2n) is 6.69. The number of fused-ring (bicyclic) bond motifs is 2. The van der Waals surface area contributed by atoms with E-state index in [9.17, 15) is 9.59 Å². The van der Waals surface area contributed by atoms with Gasteiger partial charge in [0.25, 0.3) is 5.56 Å². The van der Waals surface area contributed by atoms with Gasteiger partial charge in [-0.2, -0.15) is 0 Å². The van der Waals surface area contributed by atoms with Crippen molar-refractivity contribution in [3.63, 3.8) is 0 Å². The second kappa shape index (κ2) is 8.14. The number of pyridine rings is 1. The molecule has 7 heteroatoms. The Morgan fingerprint density at radius 2 is 2.04 bits per heavy atom. The van der Waals surface area contributed by atoms with E-state index in [1.54, 1.807) is 6.92 Å². The number of aromatic amines is 1. The molecule has 4 rings (SSSR count). The molecule has 144 valence electrons. The van der Waals surface area contributed by atoms with E-state index in [4.69, 9.17) is 4.42 Å². The van der Waals surface area contributed by atoms with Crippen LogP contribution < -0.4 is 5.56 Å². The summed E-state index contributed by atoms with van der Waals surface area (Å²) in [6, 6.07) is 8.90. The molecule has 0 bridgehead atoms. The van der Waals surface area contributed by atoms with E-state index in [0.717, 1.165) is 0 Å². The summed E-state index contributed by atoms with van der Waals surface area (Å²) in [5.74, 6) is 0.411. The SMILES string of the molecule is C[C@@H](c1cccc2cnccc12)N(C)C.Cc1oc2nc[nH]c(=O)c2c1C=O. The normalized spacial score (nSPS) is 12.0. The standard InChI is InChI=1S/C13H16N2.C8H6N2O3/c1-10(15(2)3)12-6-4-5-11-9-14-8-7-13(11)12;1-4-5(2-11)6-7(12)9-3-10-8(6)13-4/h4-10H,1-3H3;2-3H,1H3,(H,9,10,12)/t10-;/m0./s1. The van der Waals surface area contributed by atoms with Crippen LogP contribution in [0.1, 0.15) is 34.6 Å². The van der Waals surface area contributed by atoms with Crippen LogP contribution in [-0.4, -0.2) is 40.2 Å². The summed E-state index contributed by atoms with van der Waals surface area (Å²) in [6.45, 7) is 3.83. The Balaban J connectivity index is 0.000000162. The maximum Gasteiger partial charge on any atom is 0.262 e. The number of H-pyrrole nitrogens is 1. The van der Waals surface area contributed by atoms with Gasteiger partial charge in [-0.3, -0.25) is 14.6 Å². The number of benzene rings is 1. The van der Waals surface area contributed by atoms with Crippen molar-refractivity contribution in [2.75, 3.05) is 14.1 Å². The molecule has 28 heavy (non-hydrogen) atoms. The number of aldehydes is 1. The third-order valence-electron chi connectivity index (χ3n) is 4.77. The molecule has 0 amide bonds. The van der Waals surface area contributed by atoms with E-state index in [1.165, 1.54) is 22.7 Å². The minimum atomic E-state index is -0.357. The number of furan rings is 1. The summed E-state index contributed by atoms with van der Waals surface area (Å²) in [7, 11) is 4.20. The molecular formula is C21H22N4O3. The molecule has 0 aliphatic carbocycles. The fourth-order valence-electron chi connectivity index (χ4n) is 3.01. The van der Waals surface area contributed by atoms with Crippen LogP contribution >= 0.6 is 0 Å². The lowest BCUT2D eigenvalue weighted by Gasteiger charge is -2.21. The Labute approximate surface area is 162 Å². The number of nitrogens with one attached hydrogen (secondary N) is 1. The number of aromatic nitrogens is 3. The highest BCUT2D eigenvalue weighted by Crippen LogP contribution is 2.25. The molecule has 0 aliphatic rings. The molecular weight excluding hydrogens is 356 g/mol. The number of aryl methyl sites for hydroxylation is 1. The zero-order valence-electron chi connectivity index (χ0n) is 16.3. The van der Waals surface area contributed by atoms with Crippen molar-refractivity contribution in [3.05, 3.63) is 70.2 Å². The Bertz CT molecular complexity index is 1170. The molecule has 3 aromatic heterocycles. The van der Waals surface area contributed by atoms with Gasteiger partial charge in [0.1, 0.15) is 11.1 Å². The van der Waals surface area contributed by atoms with Gasteiger partial charge >= 0.3 is 0 Å². The molecule has 0 saturated carbocycles. The van der Waals surface area contributed by atoms with Gasteiger partial charge in [0.15, 0.2) is 6.29 Å². The van der Waals surface area contributed by atoms with Crippen LogP contribution in [0.3, 0.4) is 0 Å². The zero-order valence-corrected chi connectivity index (χ0v) is 16.3. The number of rotatable bonds is 3. The van der Waals surface area contributed by atoms with Gasteiger partial charge in [0, 0.05) is 23.8 Å². The Morgan fingerprint density at radius 3 is 2.75 bits per heavy atom. The fraction of sp³-hybridized carbons (Fsp3) is 0.238. The maximum atomic E-state index is 11.3. The first kappa shape index (κ1) is 19.4. The van der Waals surface area contributed by atoms with Crippen LogP contribution in [0.15, 0.2) is 52.2 Å². The summed E-state index contributed by atoms with van der Waals surface area (Å²) in [5, 5.41) is 2.73. The molecule has 1 atom stereocenters. The van der Waals surface area contributed by atoms with Gasteiger partial charge in [-0.25, -0.2) is 4.98 Å². The molecule has 1 aromatic carbocycles. The highest BCUT2D eigenvalue weighted by molar-refractivity contribution is 5.95. The topological polar surface area (TPSA) is 92.1 Å². The molecule has 4 aromatic rings. The maximum absolute atomic E-state index is 11.3. The lowest BCUT2D eigenvalue weighted by atomic mass is 10.0. The number of carbonyl (C=O) groups is 1. The van der Waals surface area contributed by atoms with Crippen molar-refractivity contribution in [2.24, 2.45) is 0 Å². The van der Waals surface area contributed by atoms with Crippen molar-refractivity contribution < 1.29 is 9.21 Å². The smallest absolute Gasteiger partial charge is 0.262 e. The molecule has 0 saturated heterocycles. The van der Waals surface area contributed by atoms with Crippen LogP contribution in [0.4, 0.5) is 0 Å². The van der Waals surface area contributed by atoms with Gasteiger partial charge in [0.05, 0.1) is 11.9 Å². The summed E-state index contributed by atoms with van der Waals surface area (Å²) in [6.07, 6.45) is 5.61. The zero-order chi connectivity index (χ0) is 20.3. The second-order valence-corrected chi connectivity index (χ2v) is 6.69. The molecule has 1 N–H and O–H groups in total. The van der Waals surface area contributed by atoms with E-state index < -0.39 is 0 Å². The predicted molar refractivity (Wildman–Crippen MR) is 109 cm³/mol. The molecule has 0 spiro atoms. The van der Waals surface area contributed by atoms with Crippen molar-refractivity contribution in [1.29, 1.82) is 0 Å². The minimum absolute atomic E-state index is 0.198. The van der Waals surface area contributed by atoms with Crippen LogP contribution in [0, 0.1) is 6.92 Å². The largest absolute Gasteiger partial charge is 0.442 e. The molecule has 0 unspecified atom stereocenters. The summed E-state index contributed by atoms with van der Waals surface area (Å²) < 4.78 is 5.11. The van der Waals surface area contributed by atoms with Crippen molar-refractivity contribution in [3.8, 4) is 0 Å². The number of nitrogens with zero attached hydrogens (tertiary/aromatic N) is 3. The monoisotopic (exact) mass is 378 g/mol. The third-order valence-corrected chi connectivity index (χ3v) is 4.77. The molecule has 0 fully saturated rings. The molecule has 7 nitrogen and oxygen atoms in total. The fourth-order valence-corrected chi connectivity index (χ4v) is 3.01. The van der Waals surface area contributed by atoms with Crippen LogP contribution in [0.2, 0.25) is 0 Å². The van der Waals surface area contributed by atoms with Gasteiger partial charge in [-0.15, -0.1) is 0 Å². The highest BCUT2D eigenvalue weighted by Gasteiger charge is 2.13. The van der Waals surface area contributed by atoms with E-state index >= 15 is 0 Å². The lowest BCUT2D eigenvalue weighted by molar-refractivity contribution is 0.112. The lowest BCUT2D eigenvalue weighted by Crippen LogP contribution is -2.16. The Kier molecular flexibility index (Phi) is 5.65. The predicted octanol–water partition coefficient (Wildman–Crippen LogP) is 3.49. The Morgan fingerprint density at radius 1 is 1.25 bits per heavy atom. The molecule has 0 aliphatic heterocycles. The summed E-state index contributed by atoms with van der Waals surface area (Å²) >= 11 is 0. The van der Waals surface area contributed by atoms with Crippen LogP contribution in [0.5, 0.6) is 0 Å². The molecule has 0 radical (unpaired) electrons. The first-order valence-corrected chi connectivity index (χ1v) is 8.85. The van der Waals surface area contributed by atoms with Crippen molar-refractivity contribution in [1.82, 2.24) is 19.9 Å². The van der Waals surface area contributed by atoms with Gasteiger partial charge in [-0.1, -0.05) is 18.2 Å². The van der Waals surface area contributed by atoms with E-state index in [1.807, 2.05) is 12.4 Å². The van der Waals surface area contributed by atoms with Crippen LogP contribution in [-0.2, 0) is 0 Å². The average Bonchev–Trinajstić information content (AvgIpc) is 3.03. The van der Waals surface area contributed by atoms with E-state index in [0.29, 0.717) is 18.1 Å². The van der Waals surface area contributed by atoms with Crippen molar-refractivity contribution >= 4 is 28.2 Å². The summed E-state index contributed by atoms with van der Waals surface area (Å²) in [5.41, 5.74) is 1.47. The molecule has 3 heterocycles. The van der Waals surface area contributed by atoms with E-state index in [2.05, 4.69) is 65.1 Å². The van der Waals surface area contributed by atoms with Gasteiger partial charge < -0.3 is 14.3 Å². The average molecular weight is 378 g/mol. The minimum Gasteiger partial charge on any atom is -0.442 e. The Hall–Kier alpha value is -3.32. The van der Waals surface area contributed by atoms with Gasteiger partial charge in [-0.05, 0) is 45.0 Å². The highest BCUT2D eigenvalue weighted by atomic mass is 16.3. The van der Waals surface area contributed by atoms with Crippen LogP contribution in [0.25, 0.3) is 21.9 Å². The number of hydrogen-bond acceptors (Lipinski definition) is 6.